The number of nitrogens with zero attached hydrogens (tertiary/aromatic N) is 1. The van der Waals surface area contributed by atoms with Gasteiger partial charge in [-0.3, -0.25) is 4.79 Å². The third-order valence-corrected chi connectivity index (χ3v) is 3.68. The minimum absolute atomic E-state index is 0.00369. The van der Waals surface area contributed by atoms with Crippen molar-refractivity contribution >= 4 is 32.6 Å². The van der Waals surface area contributed by atoms with Crippen LogP contribution in [0.25, 0.3) is 10.8 Å². The molecule has 3 nitrogen and oxygen atoms in total. The summed E-state index contributed by atoms with van der Waals surface area (Å²) in [6.07, 6.45) is 3.38. The van der Waals surface area contributed by atoms with Crippen LogP contribution in [0.5, 0.6) is 5.75 Å². The lowest BCUT2D eigenvalue weighted by molar-refractivity contribution is -0.132. The Morgan fingerprint density at radius 3 is 2.41 bits per heavy atom. The van der Waals surface area contributed by atoms with Gasteiger partial charge >= 0.3 is 0 Å². The van der Waals surface area contributed by atoms with Crippen LogP contribution in [0.1, 0.15) is 0 Å². The number of carbonyl (C=O) groups excluding carboxylic acids is 1. The highest BCUT2D eigenvalue weighted by atomic mass is 79.9. The van der Waals surface area contributed by atoms with Gasteiger partial charge in [0.1, 0.15) is 5.75 Å². The fraction of sp³-hybridized carbons (Fsp3) is 0.167. The molecule has 0 N–H and O–H groups in total. The first kappa shape index (κ1) is 16.3. The Hall–Kier alpha value is -2.07. The van der Waals surface area contributed by atoms with Crippen LogP contribution in [0.3, 0.4) is 0 Å². The molecular weight excluding hydrogens is 342 g/mol. The molecule has 2 aromatic carbocycles. The zero-order valence-electron chi connectivity index (χ0n) is 12.3. The van der Waals surface area contributed by atoms with Gasteiger partial charge in [0.25, 0.3) is 5.91 Å². The van der Waals surface area contributed by atoms with Gasteiger partial charge in [0.2, 0.25) is 0 Å². The third-order valence-electron chi connectivity index (χ3n) is 3.19. The Morgan fingerprint density at radius 1 is 1.09 bits per heavy atom. The molecule has 0 saturated carbocycles. The van der Waals surface area contributed by atoms with Crippen molar-refractivity contribution in [2.24, 2.45) is 0 Å². The molecule has 22 heavy (non-hydrogen) atoms. The topological polar surface area (TPSA) is 29.5 Å². The minimum atomic E-state index is -0.0873. The van der Waals surface area contributed by atoms with Crippen LogP contribution < -0.4 is 4.74 Å². The Kier molecular flexibility index (Phi) is 5.78. The number of hydrogen-bond acceptors (Lipinski definition) is 2. The van der Waals surface area contributed by atoms with Crippen LogP contribution in [0.4, 0.5) is 0 Å². The SMILES string of the molecule is C=CCN(CC=C)C(=O)COc1ccc2cc(Br)ccc2c1. The van der Waals surface area contributed by atoms with Crippen LogP contribution in [0.2, 0.25) is 0 Å². The molecule has 0 bridgehead atoms. The summed E-state index contributed by atoms with van der Waals surface area (Å²) in [4.78, 5) is 13.7. The van der Waals surface area contributed by atoms with Crippen molar-refractivity contribution in [3.05, 3.63) is 66.2 Å². The monoisotopic (exact) mass is 359 g/mol. The van der Waals surface area contributed by atoms with Gasteiger partial charge in [-0.1, -0.05) is 40.2 Å². The number of fused-ring (bicyclic) bond motifs is 1. The first-order chi connectivity index (χ1) is 10.6. The van der Waals surface area contributed by atoms with Crippen molar-refractivity contribution in [2.75, 3.05) is 19.7 Å². The number of ether oxygens (including phenoxy) is 1. The lowest BCUT2D eigenvalue weighted by Crippen LogP contribution is -2.35. The summed E-state index contributed by atoms with van der Waals surface area (Å²) in [7, 11) is 0. The average Bonchev–Trinajstić information content (AvgIpc) is 2.52. The number of rotatable bonds is 7. The molecule has 0 aromatic heterocycles. The van der Waals surface area contributed by atoms with Gasteiger partial charge < -0.3 is 9.64 Å². The molecule has 0 spiro atoms. The van der Waals surface area contributed by atoms with Crippen molar-refractivity contribution < 1.29 is 9.53 Å². The second kappa shape index (κ2) is 7.80. The largest absolute Gasteiger partial charge is 0.484 e. The van der Waals surface area contributed by atoms with E-state index in [2.05, 4.69) is 29.1 Å². The number of carbonyl (C=O) groups is 1. The van der Waals surface area contributed by atoms with Gasteiger partial charge in [-0.2, -0.15) is 0 Å². The summed E-state index contributed by atoms with van der Waals surface area (Å²) in [5.74, 6) is 0.594. The maximum absolute atomic E-state index is 12.1. The van der Waals surface area contributed by atoms with Gasteiger partial charge in [0, 0.05) is 17.6 Å². The highest BCUT2D eigenvalue weighted by Gasteiger charge is 2.11. The van der Waals surface area contributed by atoms with Gasteiger partial charge in [-0.05, 0) is 35.0 Å². The van der Waals surface area contributed by atoms with Crippen molar-refractivity contribution in [1.82, 2.24) is 4.90 Å². The van der Waals surface area contributed by atoms with E-state index in [9.17, 15) is 4.79 Å². The molecule has 4 heteroatoms. The van der Waals surface area contributed by atoms with Crippen molar-refractivity contribution in [3.8, 4) is 5.75 Å². The Labute approximate surface area is 139 Å². The molecule has 0 aliphatic carbocycles. The number of amides is 1. The maximum Gasteiger partial charge on any atom is 0.261 e. The molecule has 2 rings (SSSR count). The van der Waals surface area contributed by atoms with Crippen LogP contribution in [-0.4, -0.2) is 30.5 Å². The zero-order chi connectivity index (χ0) is 15.9. The summed E-state index contributed by atoms with van der Waals surface area (Å²) < 4.78 is 6.64. The maximum atomic E-state index is 12.1. The predicted octanol–water partition coefficient (Wildman–Crippen LogP) is 4.18. The van der Waals surface area contributed by atoms with Crippen molar-refractivity contribution in [1.29, 1.82) is 0 Å². The van der Waals surface area contributed by atoms with Crippen LogP contribution in [-0.2, 0) is 4.79 Å². The standard InChI is InChI=1S/C18H18BrNO2/c1-3-9-20(10-4-2)18(21)13-22-17-8-6-14-11-16(19)7-5-15(14)12-17/h3-8,11-12H,1-2,9-10,13H2. The summed E-state index contributed by atoms with van der Waals surface area (Å²) >= 11 is 3.45. The molecule has 0 atom stereocenters. The van der Waals surface area contributed by atoms with Gasteiger partial charge in [0.05, 0.1) is 0 Å². The van der Waals surface area contributed by atoms with E-state index < -0.39 is 0 Å². The van der Waals surface area contributed by atoms with Crippen molar-refractivity contribution in [3.63, 3.8) is 0 Å². The van der Waals surface area contributed by atoms with E-state index in [0.29, 0.717) is 18.8 Å². The summed E-state index contributed by atoms with van der Waals surface area (Å²) in [6, 6.07) is 11.8. The fourth-order valence-electron chi connectivity index (χ4n) is 2.11. The van der Waals surface area contributed by atoms with E-state index >= 15 is 0 Å². The lowest BCUT2D eigenvalue weighted by Gasteiger charge is -2.19. The van der Waals surface area contributed by atoms with Crippen LogP contribution in [0.15, 0.2) is 66.2 Å². The van der Waals surface area contributed by atoms with Crippen LogP contribution in [0, 0.1) is 0 Å². The first-order valence-electron chi connectivity index (χ1n) is 6.95. The molecule has 0 heterocycles. The third kappa shape index (κ3) is 4.21. The summed E-state index contributed by atoms with van der Waals surface area (Å²) in [5.41, 5.74) is 0. The summed E-state index contributed by atoms with van der Waals surface area (Å²) in [5, 5.41) is 2.19. The van der Waals surface area contributed by atoms with Gasteiger partial charge in [-0.25, -0.2) is 0 Å². The minimum Gasteiger partial charge on any atom is -0.484 e. The zero-order valence-corrected chi connectivity index (χ0v) is 13.9. The number of halogens is 1. The van der Waals surface area contributed by atoms with E-state index in [4.69, 9.17) is 4.74 Å². The lowest BCUT2D eigenvalue weighted by atomic mass is 10.1. The quantitative estimate of drug-likeness (QED) is 0.694. The fourth-order valence-corrected chi connectivity index (χ4v) is 2.49. The molecule has 1 amide bonds. The molecule has 0 radical (unpaired) electrons. The molecule has 0 saturated heterocycles. The molecule has 0 aliphatic heterocycles. The van der Waals surface area contributed by atoms with Crippen LogP contribution >= 0.6 is 15.9 Å². The smallest absolute Gasteiger partial charge is 0.261 e. The average molecular weight is 360 g/mol. The molecular formula is C18H18BrNO2. The predicted molar refractivity (Wildman–Crippen MR) is 94.1 cm³/mol. The van der Waals surface area contributed by atoms with E-state index in [1.165, 1.54) is 0 Å². The number of benzene rings is 2. The molecule has 0 aliphatic rings. The van der Waals surface area contributed by atoms with Gasteiger partial charge in [-0.15, -0.1) is 13.2 Å². The highest BCUT2D eigenvalue weighted by molar-refractivity contribution is 9.10. The second-order valence-corrected chi connectivity index (χ2v) is 5.73. The van der Waals surface area contributed by atoms with E-state index in [0.717, 1.165) is 15.2 Å². The van der Waals surface area contributed by atoms with Gasteiger partial charge in [0.15, 0.2) is 6.61 Å². The molecule has 2 aromatic rings. The Bertz CT molecular complexity index is 687. The molecule has 0 fully saturated rings. The second-order valence-electron chi connectivity index (χ2n) is 4.82. The summed E-state index contributed by atoms with van der Waals surface area (Å²) in [6.45, 7) is 8.28. The molecule has 0 unspecified atom stereocenters. The normalized spacial score (nSPS) is 10.2. The van der Waals surface area contributed by atoms with Crippen molar-refractivity contribution in [2.45, 2.75) is 0 Å². The van der Waals surface area contributed by atoms with E-state index in [1.807, 2.05) is 36.4 Å². The number of hydrogen-bond donors (Lipinski definition) is 0. The first-order valence-corrected chi connectivity index (χ1v) is 7.75. The Balaban J connectivity index is 2.04. The Morgan fingerprint density at radius 2 is 1.73 bits per heavy atom. The highest BCUT2D eigenvalue weighted by Crippen LogP contribution is 2.24. The van der Waals surface area contributed by atoms with E-state index in [1.54, 1.807) is 17.1 Å². The molecule has 114 valence electrons. The van der Waals surface area contributed by atoms with E-state index in [-0.39, 0.29) is 12.5 Å².